The van der Waals surface area contributed by atoms with Crippen LogP contribution >= 0.6 is 0 Å². The molecule has 2 bridgehead atoms. The predicted octanol–water partition coefficient (Wildman–Crippen LogP) is 1.37. The zero-order valence-corrected chi connectivity index (χ0v) is 10.4. The molecule has 1 saturated heterocycles. The van der Waals surface area contributed by atoms with Gasteiger partial charge < -0.3 is 10.8 Å². The van der Waals surface area contributed by atoms with E-state index in [0.29, 0.717) is 17.5 Å². The summed E-state index contributed by atoms with van der Waals surface area (Å²) in [5, 5.41) is 10.5. The summed E-state index contributed by atoms with van der Waals surface area (Å²) in [5.41, 5.74) is 7.06. The molecule has 19 heavy (non-hydrogen) atoms. The Morgan fingerprint density at radius 2 is 1.84 bits per heavy atom. The molecule has 3 aliphatic rings. The summed E-state index contributed by atoms with van der Waals surface area (Å²) in [7, 11) is 0. The second-order valence-corrected chi connectivity index (χ2v) is 5.76. The molecule has 5 atom stereocenters. The van der Waals surface area contributed by atoms with Crippen LogP contribution in [-0.4, -0.2) is 17.2 Å². The van der Waals surface area contributed by atoms with Crippen molar-refractivity contribution in [2.45, 2.75) is 12.6 Å². The number of fused-ring (bicyclic) bond motifs is 5. The van der Waals surface area contributed by atoms with Crippen molar-refractivity contribution in [1.29, 1.82) is 0 Å². The Bertz CT molecular complexity index is 566. The van der Waals surface area contributed by atoms with Gasteiger partial charge in [-0.25, -0.2) is 0 Å². The van der Waals surface area contributed by atoms with Crippen molar-refractivity contribution in [1.82, 2.24) is 0 Å². The number of allylic oxidation sites excluding steroid dienone is 2. The summed E-state index contributed by atoms with van der Waals surface area (Å²) in [6.45, 7) is 0. The quantitative estimate of drug-likeness (QED) is 0.589. The molecular formula is C15H16N2O2. The zero-order valence-electron chi connectivity index (χ0n) is 10.4. The van der Waals surface area contributed by atoms with E-state index in [0.717, 1.165) is 12.1 Å². The molecule has 0 unspecified atom stereocenters. The van der Waals surface area contributed by atoms with E-state index >= 15 is 0 Å². The highest BCUT2D eigenvalue weighted by atomic mass is 16.3. The van der Waals surface area contributed by atoms with Crippen LogP contribution in [0.3, 0.4) is 0 Å². The molecule has 1 amide bonds. The number of aliphatic hydroxyl groups is 1. The summed E-state index contributed by atoms with van der Waals surface area (Å²) in [6.07, 6.45) is 4.62. The van der Waals surface area contributed by atoms with Crippen molar-refractivity contribution in [3.63, 3.8) is 0 Å². The molecule has 2 aliphatic carbocycles. The Balaban J connectivity index is 1.72. The monoisotopic (exact) mass is 256 g/mol. The fraction of sp³-hybridized carbons (Fsp3) is 0.400. The Morgan fingerprint density at radius 1 is 1.16 bits per heavy atom. The molecule has 4 heteroatoms. The van der Waals surface area contributed by atoms with Crippen molar-refractivity contribution >= 4 is 17.3 Å². The van der Waals surface area contributed by atoms with E-state index in [1.54, 1.807) is 29.2 Å². The number of nitrogen functional groups attached to an aromatic ring is 1. The molecule has 1 aromatic carbocycles. The van der Waals surface area contributed by atoms with Gasteiger partial charge in [-0.15, -0.1) is 0 Å². The molecular weight excluding hydrogens is 240 g/mol. The Morgan fingerprint density at radius 3 is 2.53 bits per heavy atom. The van der Waals surface area contributed by atoms with E-state index in [1.165, 1.54) is 0 Å². The van der Waals surface area contributed by atoms with Crippen molar-refractivity contribution < 1.29 is 9.90 Å². The normalized spacial score (nSPS) is 39.1. The standard InChI is InChI=1S/C15H16N2O2/c16-10-3-5-11(6-4-10)17-14(18)12-8-1-2-9(7-8)13(12)15(17)19/h1-6,8-9,12-14,18H,7,16H2/t8-,9+,12-,13+,14+/m0/s1. The topological polar surface area (TPSA) is 66.6 Å². The van der Waals surface area contributed by atoms with Gasteiger partial charge in [-0.1, -0.05) is 12.2 Å². The highest BCUT2D eigenvalue weighted by Crippen LogP contribution is 2.54. The minimum absolute atomic E-state index is 0.0393. The van der Waals surface area contributed by atoms with Crippen molar-refractivity contribution in [2.75, 3.05) is 10.6 Å². The van der Waals surface area contributed by atoms with Gasteiger partial charge in [0, 0.05) is 17.3 Å². The third-order valence-electron chi connectivity index (χ3n) is 4.82. The summed E-state index contributed by atoms with van der Waals surface area (Å²) in [5.74, 6) is 0.741. The molecule has 0 radical (unpaired) electrons. The SMILES string of the molecule is Nc1ccc(N2C(=O)[C@H]3[C@@H]([C@H]2O)[C@H]2C=C[C@@H]3C2)cc1. The van der Waals surface area contributed by atoms with Crippen LogP contribution < -0.4 is 10.6 Å². The molecule has 0 aromatic heterocycles. The number of hydrogen-bond acceptors (Lipinski definition) is 3. The smallest absolute Gasteiger partial charge is 0.233 e. The van der Waals surface area contributed by atoms with Gasteiger partial charge in [0.2, 0.25) is 5.91 Å². The van der Waals surface area contributed by atoms with E-state index in [1.807, 2.05) is 0 Å². The lowest BCUT2D eigenvalue weighted by atomic mass is 9.85. The maximum Gasteiger partial charge on any atom is 0.233 e. The van der Waals surface area contributed by atoms with Crippen molar-refractivity contribution in [2.24, 2.45) is 23.7 Å². The van der Waals surface area contributed by atoms with Crippen LogP contribution in [0.15, 0.2) is 36.4 Å². The first-order valence-electron chi connectivity index (χ1n) is 6.72. The number of amides is 1. The van der Waals surface area contributed by atoms with Crippen molar-refractivity contribution in [3.8, 4) is 0 Å². The van der Waals surface area contributed by atoms with Gasteiger partial charge in [0.05, 0.1) is 5.92 Å². The van der Waals surface area contributed by atoms with Crippen LogP contribution in [0.4, 0.5) is 11.4 Å². The van der Waals surface area contributed by atoms with Crippen LogP contribution in [0.1, 0.15) is 6.42 Å². The van der Waals surface area contributed by atoms with Gasteiger partial charge in [-0.05, 0) is 42.5 Å². The summed E-state index contributed by atoms with van der Waals surface area (Å²) in [4.78, 5) is 14.1. The van der Waals surface area contributed by atoms with Crippen LogP contribution in [0.5, 0.6) is 0 Å². The van der Waals surface area contributed by atoms with E-state index < -0.39 is 6.23 Å². The first kappa shape index (κ1) is 11.1. The zero-order chi connectivity index (χ0) is 13.1. The number of carbonyl (C=O) groups excluding carboxylic acids is 1. The highest BCUT2D eigenvalue weighted by molar-refractivity contribution is 5.99. The van der Waals surface area contributed by atoms with E-state index in [9.17, 15) is 9.90 Å². The van der Waals surface area contributed by atoms with Crippen LogP contribution in [0.2, 0.25) is 0 Å². The fourth-order valence-corrected chi connectivity index (χ4v) is 3.99. The third kappa shape index (κ3) is 1.35. The number of hydrogen-bond donors (Lipinski definition) is 2. The van der Waals surface area contributed by atoms with Gasteiger partial charge in [0.1, 0.15) is 6.23 Å². The predicted molar refractivity (Wildman–Crippen MR) is 72.1 cm³/mol. The van der Waals surface area contributed by atoms with Gasteiger partial charge >= 0.3 is 0 Å². The average Bonchev–Trinajstić information content (AvgIpc) is 3.06. The summed E-state index contributed by atoms with van der Waals surface area (Å²) >= 11 is 0. The van der Waals surface area contributed by atoms with Crippen LogP contribution in [-0.2, 0) is 4.79 Å². The lowest BCUT2D eigenvalue weighted by Crippen LogP contribution is -2.36. The third-order valence-corrected chi connectivity index (χ3v) is 4.82. The number of rotatable bonds is 1. The van der Waals surface area contributed by atoms with Gasteiger partial charge in [-0.2, -0.15) is 0 Å². The van der Waals surface area contributed by atoms with E-state index in [2.05, 4.69) is 12.2 Å². The lowest BCUT2D eigenvalue weighted by Gasteiger charge is -2.25. The molecule has 3 N–H and O–H groups in total. The second kappa shape index (κ2) is 3.61. The largest absolute Gasteiger partial charge is 0.399 e. The van der Waals surface area contributed by atoms with Crippen LogP contribution in [0.25, 0.3) is 0 Å². The fourth-order valence-electron chi connectivity index (χ4n) is 3.99. The molecule has 2 fully saturated rings. The van der Waals surface area contributed by atoms with E-state index in [4.69, 9.17) is 5.73 Å². The minimum atomic E-state index is -0.707. The lowest BCUT2D eigenvalue weighted by molar-refractivity contribution is -0.121. The number of nitrogens with zero attached hydrogens (tertiary/aromatic N) is 1. The Kier molecular flexibility index (Phi) is 2.10. The summed E-state index contributed by atoms with van der Waals surface area (Å²) in [6, 6.07) is 7.12. The average molecular weight is 256 g/mol. The number of anilines is 2. The first-order chi connectivity index (χ1) is 9.16. The number of nitrogens with two attached hydrogens (primary N) is 1. The molecule has 0 spiro atoms. The second-order valence-electron chi connectivity index (χ2n) is 5.76. The molecule has 1 heterocycles. The van der Waals surface area contributed by atoms with Gasteiger partial charge in [-0.3, -0.25) is 9.69 Å². The van der Waals surface area contributed by atoms with Gasteiger partial charge in [0.15, 0.2) is 0 Å². The van der Waals surface area contributed by atoms with Crippen molar-refractivity contribution in [3.05, 3.63) is 36.4 Å². The van der Waals surface area contributed by atoms with E-state index in [-0.39, 0.29) is 17.7 Å². The summed E-state index contributed by atoms with van der Waals surface area (Å²) < 4.78 is 0. The maximum absolute atomic E-state index is 12.6. The molecule has 4 rings (SSSR count). The first-order valence-corrected chi connectivity index (χ1v) is 6.72. The van der Waals surface area contributed by atoms with Gasteiger partial charge in [0.25, 0.3) is 0 Å². The Hall–Kier alpha value is -1.81. The minimum Gasteiger partial charge on any atom is -0.399 e. The van der Waals surface area contributed by atoms with Crippen LogP contribution in [0, 0.1) is 23.7 Å². The molecule has 4 nitrogen and oxygen atoms in total. The maximum atomic E-state index is 12.6. The molecule has 1 aromatic rings. The number of carbonyl (C=O) groups is 1. The Labute approximate surface area is 111 Å². The highest BCUT2D eigenvalue weighted by Gasteiger charge is 2.59. The molecule has 1 aliphatic heterocycles. The number of aliphatic hydroxyl groups excluding tert-OH is 1. The molecule has 1 saturated carbocycles. The molecule has 98 valence electrons. The number of benzene rings is 1.